The van der Waals surface area contributed by atoms with Crippen LogP contribution < -0.4 is 15.5 Å². The number of oxime groups is 1. The Balaban J connectivity index is 1.30. The number of carbonyl (C=O) groups is 3. The summed E-state index contributed by atoms with van der Waals surface area (Å²) in [5, 5.41) is 39.7. The van der Waals surface area contributed by atoms with Crippen LogP contribution >= 0.6 is 7.82 Å². The molecule has 0 aromatic heterocycles. The highest BCUT2D eigenvalue weighted by atomic mass is 31.2. The monoisotopic (exact) mass is 940 g/mol. The van der Waals surface area contributed by atoms with Gasteiger partial charge in [-0.15, -0.1) is 5.11 Å². The lowest BCUT2D eigenvalue weighted by atomic mass is 10.1. The number of carbonyl (C=O) groups excluding carboxylic acids is 3. The Bertz CT molecular complexity index is 2140. The predicted molar refractivity (Wildman–Crippen MR) is 246 cm³/mol. The molecule has 0 bridgehead atoms. The van der Waals surface area contributed by atoms with Crippen LogP contribution in [0.4, 0.5) is 22.7 Å². The van der Waals surface area contributed by atoms with Gasteiger partial charge in [0.15, 0.2) is 0 Å². The van der Waals surface area contributed by atoms with Gasteiger partial charge in [-0.2, -0.15) is 10.4 Å². The number of likely N-dealkylation sites (N-methyl/N-ethyl adjacent to an activating group) is 1. The minimum Gasteiger partial charge on any atom is -0.466 e. The Hall–Kier alpha value is -5.88. The molecule has 2 atom stereocenters. The van der Waals surface area contributed by atoms with Crippen LogP contribution in [0.25, 0.3) is 10.8 Å². The van der Waals surface area contributed by atoms with Crippen LogP contribution in [0.1, 0.15) is 65.2 Å². The van der Waals surface area contributed by atoms with Gasteiger partial charge >= 0.3 is 13.8 Å². The summed E-state index contributed by atoms with van der Waals surface area (Å²) in [6.45, 7) is 5.80. The van der Waals surface area contributed by atoms with E-state index in [0.717, 1.165) is 17.9 Å². The summed E-state index contributed by atoms with van der Waals surface area (Å²) in [5.74, 6) is -0.951. The summed E-state index contributed by atoms with van der Waals surface area (Å²) in [5.41, 5.74) is 2.93. The number of fused-ring (bicyclic) bond motifs is 1. The first-order valence-corrected chi connectivity index (χ1v) is 23.1. The fourth-order valence-corrected chi connectivity index (χ4v) is 7.35. The molecule has 3 rings (SSSR count). The largest absolute Gasteiger partial charge is 0.475 e. The van der Waals surface area contributed by atoms with Gasteiger partial charge in [-0.25, -0.2) is 4.57 Å². The van der Waals surface area contributed by atoms with E-state index in [9.17, 15) is 29.1 Å². The normalized spacial score (nSPS) is 12.9. The van der Waals surface area contributed by atoms with Crippen LogP contribution in [0.2, 0.25) is 0 Å². The number of nitro groups is 1. The maximum atomic E-state index is 13.3. The maximum absolute atomic E-state index is 13.3. The second kappa shape index (κ2) is 31.1. The zero-order chi connectivity index (χ0) is 48.0. The number of phosphoric acid groups is 1. The SMILES string of the molecule is CCN(CCO/N=C(\C)CCCC(=O)NCCCOCC(COC)OP(=O)(OCCC#N)OCCCOC(=O)CCC(=O)NC)c1ccc(N=Nc2ccc([N+](=O)[O-])c3ccccc23)cc1. The number of nitrogens with one attached hydrogen (secondary N) is 2. The molecule has 0 radical (unpaired) electrons. The van der Waals surface area contributed by atoms with E-state index in [4.69, 9.17) is 37.9 Å². The minimum atomic E-state index is -4.16. The van der Waals surface area contributed by atoms with Crippen molar-refractivity contribution in [3.63, 3.8) is 0 Å². The number of nitriles is 1. The number of non-ortho nitro benzene ring substituents is 1. The number of rotatable bonds is 34. The fraction of sp³-hybridized carbons (Fsp3) is 0.523. The Morgan fingerprint density at radius 1 is 0.879 bits per heavy atom. The molecule has 2 N–H and O–H groups in total. The van der Waals surface area contributed by atoms with E-state index in [2.05, 4.69) is 30.9 Å². The van der Waals surface area contributed by atoms with Crippen molar-refractivity contribution in [3.8, 4) is 6.07 Å². The number of methoxy groups -OCH3 is 1. The van der Waals surface area contributed by atoms with Gasteiger partial charge in [-0.1, -0.05) is 23.4 Å². The summed E-state index contributed by atoms with van der Waals surface area (Å²) in [7, 11) is -1.26. The maximum Gasteiger partial charge on any atom is 0.475 e. The Morgan fingerprint density at radius 3 is 2.35 bits per heavy atom. The van der Waals surface area contributed by atoms with Gasteiger partial charge in [0.2, 0.25) is 11.8 Å². The van der Waals surface area contributed by atoms with Crippen molar-refractivity contribution in [1.29, 1.82) is 5.26 Å². The Labute approximate surface area is 384 Å². The highest BCUT2D eigenvalue weighted by Gasteiger charge is 2.31. The molecule has 360 valence electrons. The van der Waals surface area contributed by atoms with Crippen molar-refractivity contribution in [2.75, 3.05) is 84.9 Å². The van der Waals surface area contributed by atoms with Crippen molar-refractivity contribution in [3.05, 3.63) is 70.8 Å². The number of amides is 2. The van der Waals surface area contributed by atoms with E-state index >= 15 is 0 Å². The summed E-state index contributed by atoms with van der Waals surface area (Å²) in [6.07, 6.45) is 1.18. The van der Waals surface area contributed by atoms with E-state index < -0.39 is 24.8 Å². The highest BCUT2D eigenvalue weighted by Crippen LogP contribution is 2.51. The van der Waals surface area contributed by atoms with Gasteiger partial charge in [-0.05, 0) is 69.5 Å². The molecule has 0 heterocycles. The number of nitro benzene ring substituents is 1. The van der Waals surface area contributed by atoms with Crippen LogP contribution in [0.5, 0.6) is 0 Å². The highest BCUT2D eigenvalue weighted by molar-refractivity contribution is 7.48. The number of nitrogens with zero attached hydrogens (tertiary/aromatic N) is 6. The Kier molecular flexibility index (Phi) is 25.7. The van der Waals surface area contributed by atoms with Gasteiger partial charge < -0.3 is 34.6 Å². The molecule has 21 nitrogen and oxygen atoms in total. The Morgan fingerprint density at radius 2 is 1.64 bits per heavy atom. The first-order valence-electron chi connectivity index (χ1n) is 21.6. The number of ether oxygens (including phenoxy) is 3. The summed E-state index contributed by atoms with van der Waals surface area (Å²) in [6, 6.07) is 19.5. The molecular formula is C44H61N8O13P. The van der Waals surface area contributed by atoms with Crippen LogP contribution in [0, 0.1) is 21.4 Å². The zero-order valence-corrected chi connectivity index (χ0v) is 38.9. The van der Waals surface area contributed by atoms with E-state index in [1.807, 2.05) is 44.2 Å². The minimum absolute atomic E-state index is 0.00139. The van der Waals surface area contributed by atoms with Gasteiger partial charge in [0, 0.05) is 70.3 Å². The second-order valence-corrected chi connectivity index (χ2v) is 16.1. The van der Waals surface area contributed by atoms with Crippen molar-refractivity contribution in [2.45, 2.75) is 71.3 Å². The van der Waals surface area contributed by atoms with E-state index in [-0.39, 0.29) is 82.8 Å². The topological polar surface area (TPSA) is 264 Å². The van der Waals surface area contributed by atoms with Gasteiger partial charge in [0.25, 0.3) is 5.69 Å². The predicted octanol–water partition coefficient (Wildman–Crippen LogP) is 7.62. The third-order valence-corrected chi connectivity index (χ3v) is 10.9. The third kappa shape index (κ3) is 21.0. The molecule has 22 heteroatoms. The van der Waals surface area contributed by atoms with Crippen molar-refractivity contribution < 1.29 is 56.5 Å². The number of hydrogen-bond donors (Lipinski definition) is 2. The number of phosphoric ester groups is 1. The van der Waals surface area contributed by atoms with Crippen molar-refractivity contribution >= 4 is 64.8 Å². The van der Waals surface area contributed by atoms with Gasteiger partial charge in [-0.3, -0.25) is 38.1 Å². The molecule has 3 aromatic carbocycles. The molecule has 2 amide bonds. The lowest BCUT2D eigenvalue weighted by molar-refractivity contribution is -0.383. The van der Waals surface area contributed by atoms with Gasteiger partial charge in [0.1, 0.15) is 12.7 Å². The van der Waals surface area contributed by atoms with E-state index in [1.54, 1.807) is 30.3 Å². The fourth-order valence-electron chi connectivity index (χ4n) is 6.00. The zero-order valence-electron chi connectivity index (χ0n) is 38.0. The van der Waals surface area contributed by atoms with Crippen LogP contribution in [0.3, 0.4) is 0 Å². The van der Waals surface area contributed by atoms with Crippen molar-refractivity contribution in [1.82, 2.24) is 10.6 Å². The average Bonchev–Trinajstić information content (AvgIpc) is 3.31. The number of hydrogen-bond acceptors (Lipinski definition) is 18. The lowest BCUT2D eigenvalue weighted by Crippen LogP contribution is -2.27. The number of benzene rings is 3. The first kappa shape index (κ1) is 54.5. The number of esters is 1. The second-order valence-electron chi connectivity index (χ2n) is 14.4. The van der Waals surface area contributed by atoms with E-state index in [1.165, 1.54) is 20.2 Å². The van der Waals surface area contributed by atoms with E-state index in [0.29, 0.717) is 67.5 Å². The first-order chi connectivity index (χ1) is 31.9. The molecule has 2 unspecified atom stereocenters. The number of anilines is 1. The molecule has 0 spiro atoms. The molecule has 3 aromatic rings. The molecule has 0 aliphatic carbocycles. The summed E-state index contributed by atoms with van der Waals surface area (Å²) < 4.78 is 45.6. The molecule has 0 aliphatic rings. The quantitative estimate of drug-likeness (QED) is 0.0111. The average molecular weight is 941 g/mol. The molecule has 0 aliphatic heterocycles. The molecule has 66 heavy (non-hydrogen) atoms. The molecule has 0 saturated carbocycles. The smallest absolute Gasteiger partial charge is 0.466 e. The van der Waals surface area contributed by atoms with Crippen molar-refractivity contribution in [2.24, 2.45) is 15.4 Å². The lowest BCUT2D eigenvalue weighted by Gasteiger charge is -2.23. The van der Waals surface area contributed by atoms with Crippen LogP contribution in [-0.4, -0.2) is 115 Å². The number of azo groups is 1. The standard InChI is InChI=1S/C44H61N8O13P/c1-5-51(36-18-16-35(17-19-36)48-49-40-20-21-41(52(56)57)39-14-7-6-13-38(39)40)26-31-62-50-34(2)12-8-15-43(54)47-25-10-27-60-33-37(32-59-4)65-66(58,63-29-9-24-45)64-30-11-28-61-44(55)23-22-42(53)46-3/h6-7,13-14,16-21,37H,5,8-12,15,22-23,25-33H2,1-4H3,(H,46,53)(H,47,54)/b49-48?,50-34+. The molecule has 0 saturated heterocycles. The van der Waals surface area contributed by atoms with Gasteiger partial charge in [0.05, 0.1) is 85.9 Å². The van der Waals surface area contributed by atoms with Crippen LogP contribution in [0.15, 0.2) is 76.0 Å². The molecular weight excluding hydrogens is 880 g/mol. The summed E-state index contributed by atoms with van der Waals surface area (Å²) in [4.78, 5) is 54.3. The van der Waals surface area contributed by atoms with Crippen LogP contribution in [-0.2, 0) is 51.6 Å². The third-order valence-electron chi connectivity index (χ3n) is 9.38. The molecule has 0 fully saturated rings. The summed E-state index contributed by atoms with van der Waals surface area (Å²) >= 11 is 0.